The standard InChI is InChI=1S/C21H31NO2.ClH/c23-18-7-6-17-8-11-21(24)10-2-1-9-20(21,19(17)14-18)12-13-22-15-16-4-3-5-16;/h6-7,14,16,22-24H,1-5,8-13,15H2;1H/t20-,21+;/m1./s1. The number of aliphatic hydroxyl groups is 1. The Bertz CT molecular complexity index is 604. The largest absolute Gasteiger partial charge is 0.508 e. The van der Waals surface area contributed by atoms with Gasteiger partial charge in [0.2, 0.25) is 0 Å². The van der Waals surface area contributed by atoms with Crippen LogP contribution in [0.1, 0.15) is 68.9 Å². The highest BCUT2D eigenvalue weighted by atomic mass is 35.5. The summed E-state index contributed by atoms with van der Waals surface area (Å²) in [5.74, 6) is 1.21. The highest BCUT2D eigenvalue weighted by Crippen LogP contribution is 2.55. The Balaban J connectivity index is 0.00000182. The van der Waals surface area contributed by atoms with Gasteiger partial charge in [-0.3, -0.25) is 0 Å². The van der Waals surface area contributed by atoms with Crippen molar-refractivity contribution in [2.24, 2.45) is 5.92 Å². The number of aryl methyl sites for hydroxylation is 1. The summed E-state index contributed by atoms with van der Waals surface area (Å²) in [5, 5.41) is 25.3. The highest BCUT2D eigenvalue weighted by molar-refractivity contribution is 5.85. The lowest BCUT2D eigenvalue weighted by Gasteiger charge is -2.55. The molecule has 140 valence electrons. The normalized spacial score (nSPS) is 31.4. The van der Waals surface area contributed by atoms with E-state index in [0.29, 0.717) is 5.75 Å². The Morgan fingerprint density at radius 2 is 1.88 bits per heavy atom. The highest BCUT2D eigenvalue weighted by Gasteiger charge is 2.54. The Kier molecular flexibility index (Phi) is 5.67. The molecule has 2 fully saturated rings. The Labute approximate surface area is 157 Å². The van der Waals surface area contributed by atoms with Gasteiger partial charge in [-0.1, -0.05) is 25.3 Å². The maximum atomic E-state index is 11.5. The molecule has 4 heteroatoms. The summed E-state index contributed by atoms with van der Waals surface area (Å²) in [6, 6.07) is 5.81. The zero-order valence-electron chi connectivity index (χ0n) is 15.1. The van der Waals surface area contributed by atoms with Crippen LogP contribution in [0.4, 0.5) is 0 Å². The third kappa shape index (κ3) is 3.31. The zero-order chi connectivity index (χ0) is 16.6. The predicted molar refractivity (Wildman–Crippen MR) is 104 cm³/mol. The first kappa shape index (κ1) is 19.0. The molecule has 0 spiro atoms. The molecular weight excluding hydrogens is 334 g/mol. The van der Waals surface area contributed by atoms with E-state index in [1.165, 1.54) is 36.8 Å². The van der Waals surface area contributed by atoms with Crippen LogP contribution in [0.2, 0.25) is 0 Å². The van der Waals surface area contributed by atoms with E-state index in [2.05, 4.69) is 11.4 Å². The average Bonchev–Trinajstić information content (AvgIpc) is 2.53. The second-order valence-corrected chi connectivity index (χ2v) is 8.41. The number of nitrogens with one attached hydrogen (secondary N) is 1. The van der Waals surface area contributed by atoms with Gasteiger partial charge in [-0.2, -0.15) is 0 Å². The molecule has 0 bridgehead atoms. The zero-order valence-corrected chi connectivity index (χ0v) is 15.9. The van der Waals surface area contributed by atoms with Crippen molar-refractivity contribution in [3.8, 4) is 5.75 Å². The molecule has 2 saturated carbocycles. The van der Waals surface area contributed by atoms with E-state index in [-0.39, 0.29) is 17.8 Å². The molecule has 0 unspecified atom stereocenters. The Morgan fingerprint density at radius 3 is 2.64 bits per heavy atom. The van der Waals surface area contributed by atoms with Crippen LogP contribution in [0, 0.1) is 5.92 Å². The second-order valence-electron chi connectivity index (χ2n) is 8.41. The van der Waals surface area contributed by atoms with Gasteiger partial charge < -0.3 is 15.5 Å². The molecular formula is C21H32ClNO2. The van der Waals surface area contributed by atoms with E-state index < -0.39 is 5.60 Å². The minimum atomic E-state index is -0.593. The second kappa shape index (κ2) is 7.46. The number of hydrogen-bond donors (Lipinski definition) is 3. The minimum absolute atomic E-state index is 0. The number of benzene rings is 1. The summed E-state index contributed by atoms with van der Waals surface area (Å²) >= 11 is 0. The van der Waals surface area contributed by atoms with Gasteiger partial charge in [0.15, 0.2) is 0 Å². The van der Waals surface area contributed by atoms with Crippen LogP contribution < -0.4 is 5.32 Å². The van der Waals surface area contributed by atoms with E-state index in [1.807, 2.05) is 6.07 Å². The molecule has 0 aromatic heterocycles. The van der Waals surface area contributed by atoms with Crippen molar-refractivity contribution < 1.29 is 10.2 Å². The van der Waals surface area contributed by atoms with Gasteiger partial charge in [0.1, 0.15) is 5.75 Å². The summed E-state index contributed by atoms with van der Waals surface area (Å²) in [7, 11) is 0. The molecule has 3 N–H and O–H groups in total. The average molecular weight is 366 g/mol. The van der Waals surface area contributed by atoms with Crippen molar-refractivity contribution >= 4 is 12.4 Å². The first-order valence-electron chi connectivity index (χ1n) is 9.88. The van der Waals surface area contributed by atoms with Gasteiger partial charge in [-0.05, 0) is 87.2 Å². The van der Waals surface area contributed by atoms with Crippen molar-refractivity contribution in [1.82, 2.24) is 5.32 Å². The molecule has 2 atom stereocenters. The third-order valence-corrected chi connectivity index (χ3v) is 7.14. The minimum Gasteiger partial charge on any atom is -0.508 e. The van der Waals surface area contributed by atoms with E-state index in [4.69, 9.17) is 0 Å². The summed E-state index contributed by atoms with van der Waals surface area (Å²) in [6.45, 7) is 2.09. The predicted octanol–water partition coefficient (Wildman–Crippen LogP) is 4.08. The smallest absolute Gasteiger partial charge is 0.115 e. The van der Waals surface area contributed by atoms with Gasteiger partial charge in [0.05, 0.1) is 5.60 Å². The van der Waals surface area contributed by atoms with E-state index in [0.717, 1.165) is 57.5 Å². The SMILES string of the molecule is Cl.Oc1ccc2c(c1)[C@]1(CCNCC3CCC3)CCCC[C@]1(O)CC2. The van der Waals surface area contributed by atoms with Crippen LogP contribution >= 0.6 is 12.4 Å². The molecule has 1 aromatic carbocycles. The number of phenols is 1. The van der Waals surface area contributed by atoms with Gasteiger partial charge in [0, 0.05) is 5.41 Å². The molecule has 3 aliphatic rings. The molecule has 0 radical (unpaired) electrons. The van der Waals surface area contributed by atoms with Crippen molar-refractivity contribution in [1.29, 1.82) is 0 Å². The molecule has 25 heavy (non-hydrogen) atoms. The lowest BCUT2D eigenvalue weighted by Crippen LogP contribution is -2.57. The molecule has 3 nitrogen and oxygen atoms in total. The van der Waals surface area contributed by atoms with Crippen LogP contribution in [0.25, 0.3) is 0 Å². The van der Waals surface area contributed by atoms with Gasteiger partial charge in [0.25, 0.3) is 0 Å². The molecule has 0 heterocycles. The Hall–Kier alpha value is -0.770. The lowest BCUT2D eigenvalue weighted by atomic mass is 9.53. The molecule has 0 aliphatic heterocycles. The fourth-order valence-corrected chi connectivity index (χ4v) is 5.43. The first-order valence-corrected chi connectivity index (χ1v) is 9.88. The van der Waals surface area contributed by atoms with Crippen LogP contribution in [-0.2, 0) is 11.8 Å². The Morgan fingerprint density at radius 1 is 1.08 bits per heavy atom. The number of rotatable bonds is 5. The fraction of sp³-hybridized carbons (Fsp3) is 0.714. The van der Waals surface area contributed by atoms with Gasteiger partial charge >= 0.3 is 0 Å². The van der Waals surface area contributed by atoms with Gasteiger partial charge in [-0.15, -0.1) is 12.4 Å². The summed E-state index contributed by atoms with van der Waals surface area (Å²) in [5.41, 5.74) is 1.79. The van der Waals surface area contributed by atoms with Gasteiger partial charge in [-0.25, -0.2) is 0 Å². The molecule has 1 aromatic rings. The van der Waals surface area contributed by atoms with E-state index in [1.54, 1.807) is 6.07 Å². The molecule has 3 aliphatic carbocycles. The third-order valence-electron chi connectivity index (χ3n) is 7.14. The number of phenolic OH excluding ortho intramolecular Hbond substituents is 1. The molecule has 0 amide bonds. The number of fused-ring (bicyclic) bond motifs is 3. The van der Waals surface area contributed by atoms with Crippen LogP contribution in [0.15, 0.2) is 18.2 Å². The number of aromatic hydroxyl groups is 1. The van der Waals surface area contributed by atoms with Crippen molar-refractivity contribution in [2.45, 2.75) is 75.2 Å². The monoisotopic (exact) mass is 365 g/mol. The van der Waals surface area contributed by atoms with Crippen LogP contribution in [0.3, 0.4) is 0 Å². The van der Waals surface area contributed by atoms with Crippen LogP contribution in [0.5, 0.6) is 5.75 Å². The van der Waals surface area contributed by atoms with E-state index >= 15 is 0 Å². The summed E-state index contributed by atoms with van der Waals surface area (Å²) < 4.78 is 0. The maximum absolute atomic E-state index is 11.5. The summed E-state index contributed by atoms with van der Waals surface area (Å²) in [6.07, 6.45) is 11.2. The summed E-state index contributed by atoms with van der Waals surface area (Å²) in [4.78, 5) is 0. The van der Waals surface area contributed by atoms with Crippen molar-refractivity contribution in [2.75, 3.05) is 13.1 Å². The number of halogens is 1. The topological polar surface area (TPSA) is 52.5 Å². The maximum Gasteiger partial charge on any atom is 0.115 e. The number of hydrogen-bond acceptors (Lipinski definition) is 3. The fourth-order valence-electron chi connectivity index (χ4n) is 5.43. The molecule has 4 rings (SSSR count). The van der Waals surface area contributed by atoms with Crippen LogP contribution in [-0.4, -0.2) is 28.9 Å². The van der Waals surface area contributed by atoms with Crippen molar-refractivity contribution in [3.05, 3.63) is 29.3 Å². The quantitative estimate of drug-likeness (QED) is 0.689. The van der Waals surface area contributed by atoms with E-state index in [9.17, 15) is 10.2 Å². The molecule has 0 saturated heterocycles. The lowest BCUT2D eigenvalue weighted by molar-refractivity contribution is -0.0869. The first-order chi connectivity index (χ1) is 11.6. The van der Waals surface area contributed by atoms with Crippen molar-refractivity contribution in [3.63, 3.8) is 0 Å².